The van der Waals surface area contributed by atoms with Crippen LogP contribution in [0.2, 0.25) is 0 Å². The van der Waals surface area contributed by atoms with E-state index in [4.69, 9.17) is 0 Å². The molecule has 0 aliphatic rings. The number of benzene rings is 8. The third kappa shape index (κ3) is 4.85. The van der Waals surface area contributed by atoms with Crippen molar-refractivity contribution in [2.45, 2.75) is 0 Å². The molecular weight excluding hydrogens is 729 g/mol. The number of hydrogen-bond donors (Lipinski definition) is 0. The maximum Gasteiger partial charge on any atom is 0.0542 e. The molecule has 0 bridgehead atoms. The highest BCUT2D eigenvalue weighted by molar-refractivity contribution is 7.36. The molecule has 0 spiro atoms. The van der Waals surface area contributed by atoms with Gasteiger partial charge in [0, 0.05) is 60.5 Å². The van der Waals surface area contributed by atoms with Crippen molar-refractivity contribution in [3.63, 3.8) is 0 Å². The Morgan fingerprint density at radius 2 is 0.537 bits per heavy atom. The normalized spacial score (nSPS) is 12.1. The molecule has 0 fully saturated rings. The first-order valence-electron chi connectivity index (χ1n) is 18.1. The lowest BCUT2D eigenvalue weighted by molar-refractivity contribution is 1.63. The van der Waals surface area contributed by atoms with Crippen LogP contribution in [0.15, 0.2) is 170 Å². The van der Waals surface area contributed by atoms with Crippen LogP contribution in [0.1, 0.15) is 0 Å². The van der Waals surface area contributed by atoms with Crippen LogP contribution in [0.5, 0.6) is 0 Å². The van der Waals surface area contributed by atoms with E-state index in [0.29, 0.717) is 0 Å². The maximum absolute atomic E-state index is 2.38. The van der Waals surface area contributed by atoms with E-state index in [1.54, 1.807) is 0 Å². The summed E-state index contributed by atoms with van der Waals surface area (Å²) in [6, 6.07) is 63.4. The van der Waals surface area contributed by atoms with Gasteiger partial charge in [0.15, 0.2) is 0 Å². The Balaban J connectivity index is 0.830. The Bertz CT molecular complexity index is 3190. The Hall–Kier alpha value is -5.62. The first-order chi connectivity index (χ1) is 26.7. The van der Waals surface area contributed by atoms with Gasteiger partial charge < -0.3 is 0 Å². The second kappa shape index (κ2) is 11.9. The summed E-state index contributed by atoms with van der Waals surface area (Å²) >= 11 is 7.59. The van der Waals surface area contributed by atoms with Crippen molar-refractivity contribution < 1.29 is 0 Å². The zero-order chi connectivity index (χ0) is 35.3. The lowest BCUT2D eigenvalue weighted by Crippen LogP contribution is -1.81. The molecule has 0 unspecified atom stereocenters. The van der Waals surface area contributed by atoms with Crippen LogP contribution in [-0.4, -0.2) is 0 Å². The van der Waals surface area contributed by atoms with Gasteiger partial charge in [-0.25, -0.2) is 0 Å². The third-order valence-corrected chi connectivity index (χ3v) is 15.7. The number of rotatable bonds is 4. The predicted octanol–water partition coefficient (Wildman–Crippen LogP) is 16.7. The molecule has 0 radical (unpaired) electrons. The lowest BCUT2D eigenvalue weighted by Gasteiger charge is -2.06. The van der Waals surface area contributed by atoms with Crippen LogP contribution in [0, 0.1) is 0 Å². The molecule has 252 valence electrons. The van der Waals surface area contributed by atoms with Gasteiger partial charge in [-0.15, -0.1) is 45.3 Å². The first kappa shape index (κ1) is 30.8. The summed E-state index contributed by atoms with van der Waals surface area (Å²) in [4.78, 5) is 0. The van der Waals surface area contributed by atoms with Crippen molar-refractivity contribution in [1.29, 1.82) is 0 Å². The Kier molecular flexibility index (Phi) is 6.81. The highest BCUT2D eigenvalue weighted by Gasteiger charge is 2.15. The molecule has 0 aliphatic carbocycles. The van der Waals surface area contributed by atoms with E-state index in [1.165, 1.54) is 114 Å². The molecule has 0 saturated heterocycles. The summed E-state index contributed by atoms with van der Waals surface area (Å²) in [7, 11) is 0. The largest absolute Gasteiger partial charge is 0.135 e. The second-order valence-corrected chi connectivity index (χ2v) is 18.3. The van der Waals surface area contributed by atoms with E-state index in [9.17, 15) is 0 Å². The van der Waals surface area contributed by atoms with Crippen molar-refractivity contribution in [2.75, 3.05) is 0 Å². The van der Waals surface area contributed by atoms with Gasteiger partial charge in [-0.05, 0) is 93.0 Å². The fourth-order valence-corrected chi connectivity index (χ4v) is 13.0. The van der Waals surface area contributed by atoms with Crippen LogP contribution >= 0.6 is 45.3 Å². The van der Waals surface area contributed by atoms with E-state index in [-0.39, 0.29) is 0 Å². The van der Waals surface area contributed by atoms with Gasteiger partial charge in [0.25, 0.3) is 0 Å². The summed E-state index contributed by atoms with van der Waals surface area (Å²) in [5, 5.41) is 8.08. The van der Waals surface area contributed by atoms with Crippen LogP contribution < -0.4 is 0 Å². The second-order valence-electron chi connectivity index (χ2n) is 14.1. The molecule has 0 saturated carbocycles. The first-order valence-corrected chi connectivity index (χ1v) is 21.4. The molecule has 0 amide bonds. The zero-order valence-electron chi connectivity index (χ0n) is 28.8. The van der Waals surface area contributed by atoms with E-state index >= 15 is 0 Å². The van der Waals surface area contributed by atoms with E-state index < -0.39 is 0 Å². The molecule has 54 heavy (non-hydrogen) atoms. The van der Waals surface area contributed by atoms with E-state index in [2.05, 4.69) is 170 Å². The molecular formula is C50H28S4. The van der Waals surface area contributed by atoms with Gasteiger partial charge in [0.05, 0.1) is 9.40 Å². The molecule has 0 atom stereocenters. The summed E-state index contributed by atoms with van der Waals surface area (Å²) < 4.78 is 10.9. The molecule has 0 nitrogen and oxygen atoms in total. The Morgan fingerprint density at radius 1 is 0.204 bits per heavy atom. The average molecular weight is 757 g/mol. The van der Waals surface area contributed by atoms with Crippen LogP contribution in [0.4, 0.5) is 0 Å². The molecule has 4 aromatic heterocycles. The van der Waals surface area contributed by atoms with E-state index in [1.807, 2.05) is 45.3 Å². The summed E-state index contributed by atoms with van der Waals surface area (Å²) in [5.74, 6) is 0. The smallest absolute Gasteiger partial charge is 0.0542 e. The topological polar surface area (TPSA) is 0 Å². The van der Waals surface area contributed by atoms with Gasteiger partial charge in [0.2, 0.25) is 0 Å². The highest BCUT2D eigenvalue weighted by Crippen LogP contribution is 2.46. The van der Waals surface area contributed by atoms with Gasteiger partial charge >= 0.3 is 0 Å². The molecule has 0 aliphatic heterocycles. The van der Waals surface area contributed by atoms with Gasteiger partial charge in [-0.1, -0.05) is 121 Å². The van der Waals surface area contributed by atoms with Crippen LogP contribution in [0.3, 0.4) is 0 Å². The van der Waals surface area contributed by atoms with Gasteiger partial charge in [-0.2, -0.15) is 0 Å². The third-order valence-electron chi connectivity index (χ3n) is 10.9. The number of hydrogen-bond acceptors (Lipinski definition) is 4. The maximum atomic E-state index is 2.38. The van der Waals surface area contributed by atoms with Crippen LogP contribution in [-0.2, 0) is 0 Å². The van der Waals surface area contributed by atoms with Gasteiger partial charge in [-0.3, -0.25) is 0 Å². The predicted molar refractivity (Wildman–Crippen MR) is 242 cm³/mol. The molecule has 8 aromatic carbocycles. The fourth-order valence-electron chi connectivity index (χ4n) is 8.14. The van der Waals surface area contributed by atoms with Crippen LogP contribution in [0.25, 0.3) is 114 Å². The van der Waals surface area contributed by atoms with Crippen molar-refractivity contribution in [3.8, 4) is 44.5 Å². The molecule has 12 rings (SSSR count). The fraction of sp³-hybridized carbons (Fsp3) is 0. The lowest BCUT2D eigenvalue weighted by atomic mass is 9.98. The minimum absolute atomic E-state index is 1.25. The summed E-state index contributed by atoms with van der Waals surface area (Å²) in [5.41, 5.74) is 10.1. The van der Waals surface area contributed by atoms with Gasteiger partial charge in [0.1, 0.15) is 0 Å². The summed E-state index contributed by atoms with van der Waals surface area (Å²) in [6.07, 6.45) is 0. The molecule has 12 aromatic rings. The zero-order valence-corrected chi connectivity index (χ0v) is 32.1. The average Bonchev–Trinajstić information content (AvgIpc) is 3.99. The van der Waals surface area contributed by atoms with Crippen molar-refractivity contribution >= 4 is 115 Å². The molecule has 0 N–H and O–H groups in total. The highest BCUT2D eigenvalue weighted by atomic mass is 32.1. The quantitative estimate of drug-likeness (QED) is 0.168. The Labute approximate surface area is 327 Å². The monoisotopic (exact) mass is 756 g/mol. The minimum atomic E-state index is 1.25. The SMILES string of the molecule is c1ccc2c(c1)sc1ccc(-c3ccc(-c4ccc5c(c4)sc4c6ccc(-c7ccc(-c8ccc9sc%10ccccc%10c9c8)cc7)cc6sc54)cc3)cc12. The number of thiophene rings is 4. The Morgan fingerprint density at radius 3 is 0.963 bits per heavy atom. The summed E-state index contributed by atoms with van der Waals surface area (Å²) in [6.45, 7) is 0. The molecule has 4 heteroatoms. The minimum Gasteiger partial charge on any atom is -0.135 e. The van der Waals surface area contributed by atoms with Crippen molar-refractivity contribution in [1.82, 2.24) is 0 Å². The van der Waals surface area contributed by atoms with Crippen molar-refractivity contribution in [2.24, 2.45) is 0 Å². The number of fused-ring (bicyclic) bond motifs is 11. The van der Waals surface area contributed by atoms with E-state index in [0.717, 1.165) is 0 Å². The standard InChI is InChI=1S/C50H28S4/c1-3-7-43-37(5-1)41-25-33(19-23-45(41)51-43)29-9-13-31(14-10-29)35-17-21-39-47(27-35)53-50-40-22-18-36(28-48(40)54-49(39)50)32-15-11-30(12-16-32)34-20-24-46-42(26-34)38-6-2-4-8-44(38)52-46/h1-28H. The molecule has 4 heterocycles. The van der Waals surface area contributed by atoms with Crippen molar-refractivity contribution in [3.05, 3.63) is 170 Å².